The summed E-state index contributed by atoms with van der Waals surface area (Å²) in [6.07, 6.45) is 3.41. The highest BCUT2D eigenvalue weighted by Gasteiger charge is 2.25. The maximum Gasteiger partial charge on any atom is 0.257 e. The van der Waals surface area contributed by atoms with Gasteiger partial charge in [0.15, 0.2) is 0 Å². The normalized spacial score (nSPS) is 15.0. The van der Waals surface area contributed by atoms with E-state index in [1.54, 1.807) is 0 Å². The van der Waals surface area contributed by atoms with Crippen LogP contribution in [-0.2, 0) is 6.54 Å². The predicted octanol–water partition coefficient (Wildman–Crippen LogP) is 3.83. The van der Waals surface area contributed by atoms with Crippen molar-refractivity contribution in [2.45, 2.75) is 39.7 Å². The van der Waals surface area contributed by atoms with E-state index in [9.17, 15) is 4.79 Å². The molecule has 0 N–H and O–H groups in total. The van der Waals surface area contributed by atoms with Gasteiger partial charge in [-0.15, -0.1) is 0 Å². The van der Waals surface area contributed by atoms with Crippen LogP contribution in [0, 0.1) is 13.8 Å². The van der Waals surface area contributed by atoms with Crippen molar-refractivity contribution < 1.29 is 4.79 Å². The molecule has 5 heteroatoms. The summed E-state index contributed by atoms with van der Waals surface area (Å²) in [6.45, 7) is 6.17. The maximum atomic E-state index is 12.8. The molecule has 1 aliphatic heterocycles. The number of carbonyl (C=O) groups excluding carboxylic acids is 1. The molecule has 2 heterocycles. The molecule has 122 valence electrons. The fourth-order valence-electron chi connectivity index (χ4n) is 3.20. The van der Waals surface area contributed by atoms with Crippen LogP contribution in [0.2, 0.25) is 5.02 Å². The van der Waals surface area contributed by atoms with E-state index in [-0.39, 0.29) is 5.91 Å². The Labute approximate surface area is 142 Å². The first-order chi connectivity index (χ1) is 11.1. The van der Waals surface area contributed by atoms with Gasteiger partial charge >= 0.3 is 0 Å². The summed E-state index contributed by atoms with van der Waals surface area (Å²) < 4.78 is 1.88. The fourth-order valence-corrected chi connectivity index (χ4v) is 3.40. The monoisotopic (exact) mass is 331 g/mol. The van der Waals surface area contributed by atoms with Gasteiger partial charge in [-0.3, -0.25) is 9.48 Å². The fraction of sp³-hybridized carbons (Fsp3) is 0.444. The van der Waals surface area contributed by atoms with Crippen LogP contribution < -0.4 is 0 Å². The molecule has 0 bridgehead atoms. The molecule has 1 amide bonds. The minimum atomic E-state index is 0.116. The Hall–Kier alpha value is -1.81. The Kier molecular flexibility index (Phi) is 4.71. The minimum Gasteiger partial charge on any atom is -0.339 e. The number of aromatic nitrogens is 2. The molecule has 0 radical (unpaired) electrons. The van der Waals surface area contributed by atoms with Crippen LogP contribution >= 0.6 is 11.6 Å². The molecule has 1 saturated heterocycles. The molecular weight excluding hydrogens is 310 g/mol. The summed E-state index contributed by atoms with van der Waals surface area (Å²) in [6, 6.07) is 7.75. The van der Waals surface area contributed by atoms with Crippen LogP contribution in [0.25, 0.3) is 0 Å². The first-order valence-corrected chi connectivity index (χ1v) is 8.52. The van der Waals surface area contributed by atoms with Gasteiger partial charge in [0.2, 0.25) is 0 Å². The van der Waals surface area contributed by atoms with Crippen LogP contribution in [0.4, 0.5) is 0 Å². The van der Waals surface area contributed by atoms with Crippen molar-refractivity contribution >= 4 is 17.5 Å². The van der Waals surface area contributed by atoms with E-state index in [4.69, 9.17) is 11.6 Å². The summed E-state index contributed by atoms with van der Waals surface area (Å²) in [5, 5.41) is 5.30. The lowest BCUT2D eigenvalue weighted by Crippen LogP contribution is -2.36. The number of benzene rings is 1. The van der Waals surface area contributed by atoms with Gasteiger partial charge in [-0.25, -0.2) is 0 Å². The van der Waals surface area contributed by atoms with Gasteiger partial charge in [0.05, 0.1) is 17.8 Å². The molecule has 0 atom stereocenters. The van der Waals surface area contributed by atoms with Crippen LogP contribution in [0.5, 0.6) is 0 Å². The number of nitrogens with zero attached hydrogens (tertiary/aromatic N) is 3. The highest BCUT2D eigenvalue weighted by molar-refractivity contribution is 6.31. The summed E-state index contributed by atoms with van der Waals surface area (Å²) in [7, 11) is 0. The number of likely N-dealkylation sites (tertiary alicyclic amines) is 1. The van der Waals surface area contributed by atoms with Gasteiger partial charge in [0.1, 0.15) is 0 Å². The van der Waals surface area contributed by atoms with Crippen molar-refractivity contribution in [2.75, 3.05) is 13.1 Å². The number of halogens is 1. The van der Waals surface area contributed by atoms with Gasteiger partial charge in [-0.2, -0.15) is 5.10 Å². The van der Waals surface area contributed by atoms with Crippen molar-refractivity contribution in [3.63, 3.8) is 0 Å². The number of hydrogen-bond donors (Lipinski definition) is 0. The average molecular weight is 332 g/mol. The molecule has 4 nitrogen and oxygen atoms in total. The first-order valence-electron chi connectivity index (χ1n) is 8.14. The highest BCUT2D eigenvalue weighted by atomic mass is 35.5. The smallest absolute Gasteiger partial charge is 0.257 e. The lowest BCUT2D eigenvalue weighted by atomic mass is 10.1. The lowest BCUT2D eigenvalue weighted by molar-refractivity contribution is 0.0722. The molecule has 23 heavy (non-hydrogen) atoms. The van der Waals surface area contributed by atoms with Gasteiger partial charge in [-0.05, 0) is 44.7 Å². The van der Waals surface area contributed by atoms with E-state index in [0.29, 0.717) is 6.54 Å². The van der Waals surface area contributed by atoms with E-state index >= 15 is 0 Å². The molecule has 0 saturated carbocycles. The van der Waals surface area contributed by atoms with Crippen LogP contribution in [-0.4, -0.2) is 33.7 Å². The van der Waals surface area contributed by atoms with Crippen molar-refractivity contribution in [1.82, 2.24) is 14.7 Å². The van der Waals surface area contributed by atoms with Gasteiger partial charge in [0.25, 0.3) is 5.91 Å². The Bertz CT molecular complexity index is 717. The molecular formula is C18H22ClN3O. The maximum absolute atomic E-state index is 12.8. The number of amides is 1. The van der Waals surface area contributed by atoms with Crippen molar-refractivity contribution in [2.24, 2.45) is 0 Å². The quantitative estimate of drug-likeness (QED) is 0.857. The Balaban J connectivity index is 1.87. The topological polar surface area (TPSA) is 38.1 Å². The largest absolute Gasteiger partial charge is 0.339 e. The summed E-state index contributed by atoms with van der Waals surface area (Å²) in [5.41, 5.74) is 3.47. The average Bonchev–Trinajstić information content (AvgIpc) is 2.84. The van der Waals surface area contributed by atoms with Crippen molar-refractivity contribution in [3.8, 4) is 0 Å². The molecule has 2 aromatic rings. The Morgan fingerprint density at radius 1 is 1.17 bits per heavy atom. The number of carbonyl (C=O) groups is 1. The van der Waals surface area contributed by atoms with Crippen molar-refractivity contribution in [3.05, 3.63) is 51.8 Å². The summed E-state index contributed by atoms with van der Waals surface area (Å²) in [4.78, 5) is 14.8. The van der Waals surface area contributed by atoms with Crippen LogP contribution in [0.3, 0.4) is 0 Å². The van der Waals surface area contributed by atoms with E-state index in [2.05, 4.69) is 5.10 Å². The number of piperidine rings is 1. The van der Waals surface area contributed by atoms with E-state index < -0.39 is 0 Å². The molecule has 1 fully saturated rings. The SMILES string of the molecule is Cc1nn(Cc2ccccc2Cl)c(C)c1C(=O)N1CCCCC1. The molecule has 3 rings (SSSR count). The number of hydrogen-bond acceptors (Lipinski definition) is 2. The third kappa shape index (κ3) is 3.27. The standard InChI is InChI=1S/C18H22ClN3O/c1-13-17(18(23)21-10-6-3-7-11-21)14(2)22(20-13)12-15-8-4-5-9-16(15)19/h4-5,8-9H,3,6-7,10-12H2,1-2H3. The Morgan fingerprint density at radius 2 is 1.87 bits per heavy atom. The second-order valence-electron chi connectivity index (χ2n) is 6.15. The molecule has 1 aromatic heterocycles. The molecule has 0 spiro atoms. The van der Waals surface area contributed by atoms with Gasteiger partial charge in [0, 0.05) is 23.8 Å². The number of rotatable bonds is 3. The van der Waals surface area contributed by atoms with E-state index in [1.807, 2.05) is 47.7 Å². The lowest BCUT2D eigenvalue weighted by Gasteiger charge is -2.26. The Morgan fingerprint density at radius 3 is 2.57 bits per heavy atom. The zero-order valence-electron chi connectivity index (χ0n) is 13.7. The second-order valence-corrected chi connectivity index (χ2v) is 6.55. The summed E-state index contributed by atoms with van der Waals surface area (Å²) in [5.74, 6) is 0.116. The summed E-state index contributed by atoms with van der Waals surface area (Å²) >= 11 is 6.24. The molecule has 1 aromatic carbocycles. The second kappa shape index (κ2) is 6.75. The highest BCUT2D eigenvalue weighted by Crippen LogP contribution is 2.21. The molecule has 0 unspecified atom stereocenters. The van der Waals surface area contributed by atoms with E-state index in [0.717, 1.165) is 53.5 Å². The van der Waals surface area contributed by atoms with Gasteiger partial charge < -0.3 is 4.90 Å². The number of aryl methyl sites for hydroxylation is 1. The predicted molar refractivity (Wildman–Crippen MR) is 92.0 cm³/mol. The van der Waals surface area contributed by atoms with Crippen molar-refractivity contribution in [1.29, 1.82) is 0 Å². The third-order valence-electron chi connectivity index (χ3n) is 4.52. The first kappa shape index (κ1) is 16.1. The zero-order valence-corrected chi connectivity index (χ0v) is 14.4. The van der Waals surface area contributed by atoms with Gasteiger partial charge in [-0.1, -0.05) is 29.8 Å². The van der Waals surface area contributed by atoms with Crippen LogP contribution in [0.15, 0.2) is 24.3 Å². The third-order valence-corrected chi connectivity index (χ3v) is 4.89. The van der Waals surface area contributed by atoms with E-state index in [1.165, 1.54) is 6.42 Å². The molecule has 0 aliphatic carbocycles. The molecule has 1 aliphatic rings. The zero-order chi connectivity index (χ0) is 16.4. The van der Waals surface area contributed by atoms with Crippen LogP contribution in [0.1, 0.15) is 46.6 Å². The minimum absolute atomic E-state index is 0.116.